The molecule has 26 heavy (non-hydrogen) atoms. The fourth-order valence-electron chi connectivity index (χ4n) is 3.25. The van der Waals surface area contributed by atoms with E-state index in [0.29, 0.717) is 19.6 Å². The number of carbonyl (C=O) groups is 2. The van der Waals surface area contributed by atoms with Crippen LogP contribution in [0.15, 0.2) is 41.1 Å². The first kappa shape index (κ1) is 18.6. The van der Waals surface area contributed by atoms with Gasteiger partial charge in [-0.2, -0.15) is 11.3 Å². The van der Waals surface area contributed by atoms with Crippen LogP contribution in [0.1, 0.15) is 23.1 Å². The summed E-state index contributed by atoms with van der Waals surface area (Å²) in [7, 11) is 1.80. The highest BCUT2D eigenvalue weighted by Gasteiger charge is 2.32. The van der Waals surface area contributed by atoms with Crippen LogP contribution in [0.4, 0.5) is 0 Å². The molecule has 2 aromatic rings. The van der Waals surface area contributed by atoms with Crippen LogP contribution in [-0.4, -0.2) is 47.8 Å². The number of carbonyl (C=O) groups excluding carboxylic acids is 2. The average molecular weight is 372 g/mol. The molecule has 1 aromatic carbocycles. The zero-order chi connectivity index (χ0) is 18.5. The number of piperazine rings is 1. The number of amides is 2. The quantitative estimate of drug-likeness (QED) is 0.848. The lowest BCUT2D eigenvalue weighted by Gasteiger charge is -2.35. The molecule has 1 aliphatic rings. The Labute approximate surface area is 158 Å². The first-order chi connectivity index (χ1) is 12.5. The monoisotopic (exact) mass is 371 g/mol. The lowest BCUT2D eigenvalue weighted by molar-refractivity contribution is -0.138. The second kappa shape index (κ2) is 8.47. The van der Waals surface area contributed by atoms with E-state index in [1.165, 1.54) is 11.1 Å². The van der Waals surface area contributed by atoms with Gasteiger partial charge in [0.2, 0.25) is 11.8 Å². The van der Waals surface area contributed by atoms with Gasteiger partial charge in [0.15, 0.2) is 0 Å². The third kappa shape index (κ3) is 4.51. The highest BCUT2D eigenvalue weighted by Crippen LogP contribution is 2.18. The first-order valence-corrected chi connectivity index (χ1v) is 9.80. The second-order valence-corrected chi connectivity index (χ2v) is 7.57. The summed E-state index contributed by atoms with van der Waals surface area (Å²) in [5.74, 6) is -0.0600. The fraction of sp³-hybridized carbons (Fsp3) is 0.400. The molecule has 0 bridgehead atoms. The fourth-order valence-corrected chi connectivity index (χ4v) is 3.91. The van der Waals surface area contributed by atoms with Crippen LogP contribution in [0.5, 0.6) is 0 Å². The van der Waals surface area contributed by atoms with Gasteiger partial charge in [-0.3, -0.25) is 14.5 Å². The van der Waals surface area contributed by atoms with Crippen LogP contribution in [-0.2, 0) is 22.7 Å². The van der Waals surface area contributed by atoms with Crippen molar-refractivity contribution in [1.29, 1.82) is 0 Å². The molecule has 0 radical (unpaired) electrons. The van der Waals surface area contributed by atoms with Crippen molar-refractivity contribution in [3.8, 4) is 0 Å². The Kier molecular flexibility index (Phi) is 6.06. The summed E-state index contributed by atoms with van der Waals surface area (Å²) in [5, 5.41) is 6.95. The number of rotatable bonds is 6. The van der Waals surface area contributed by atoms with Crippen molar-refractivity contribution in [2.75, 3.05) is 20.1 Å². The van der Waals surface area contributed by atoms with Crippen molar-refractivity contribution in [2.24, 2.45) is 0 Å². The average Bonchev–Trinajstić information content (AvgIpc) is 3.12. The smallest absolute Gasteiger partial charge is 0.237 e. The molecular weight excluding hydrogens is 346 g/mol. The van der Waals surface area contributed by atoms with Crippen LogP contribution in [0.2, 0.25) is 0 Å². The van der Waals surface area contributed by atoms with Crippen molar-refractivity contribution in [3.63, 3.8) is 0 Å². The molecule has 0 spiro atoms. The van der Waals surface area contributed by atoms with Gasteiger partial charge in [0, 0.05) is 33.2 Å². The van der Waals surface area contributed by atoms with Crippen LogP contribution in [0, 0.1) is 6.92 Å². The molecule has 1 N–H and O–H groups in total. The number of nitrogens with one attached hydrogen (secondary N) is 1. The van der Waals surface area contributed by atoms with Gasteiger partial charge in [0.25, 0.3) is 0 Å². The molecule has 1 saturated heterocycles. The molecule has 1 aromatic heterocycles. The molecule has 1 fully saturated rings. The minimum atomic E-state index is -0.416. The van der Waals surface area contributed by atoms with Gasteiger partial charge in [-0.05, 0) is 40.4 Å². The molecule has 138 valence electrons. The summed E-state index contributed by atoms with van der Waals surface area (Å²) in [6, 6.07) is 9.80. The second-order valence-electron chi connectivity index (χ2n) is 6.79. The topological polar surface area (TPSA) is 52.7 Å². The number of benzene rings is 1. The third-order valence-electron chi connectivity index (χ3n) is 4.87. The Morgan fingerprint density at radius 2 is 2.15 bits per heavy atom. The molecule has 6 heteroatoms. The number of thiophene rings is 1. The lowest BCUT2D eigenvalue weighted by Crippen LogP contribution is -2.56. The van der Waals surface area contributed by atoms with E-state index in [1.807, 2.05) is 29.0 Å². The first-order valence-electron chi connectivity index (χ1n) is 8.86. The Morgan fingerprint density at radius 3 is 2.88 bits per heavy atom. The van der Waals surface area contributed by atoms with Gasteiger partial charge in [-0.15, -0.1) is 0 Å². The van der Waals surface area contributed by atoms with E-state index >= 15 is 0 Å². The molecular formula is C20H25N3O2S. The maximum Gasteiger partial charge on any atom is 0.237 e. The summed E-state index contributed by atoms with van der Waals surface area (Å²) in [5.41, 5.74) is 3.53. The lowest BCUT2D eigenvalue weighted by atomic mass is 10.0. The predicted molar refractivity (Wildman–Crippen MR) is 104 cm³/mol. The summed E-state index contributed by atoms with van der Waals surface area (Å²) in [6.45, 7) is 4.72. The Bertz CT molecular complexity index is 760. The minimum Gasteiger partial charge on any atom is -0.353 e. The van der Waals surface area contributed by atoms with Crippen molar-refractivity contribution < 1.29 is 9.59 Å². The van der Waals surface area contributed by atoms with Gasteiger partial charge in [-0.25, -0.2) is 0 Å². The Hall–Kier alpha value is -2.18. The highest BCUT2D eigenvalue weighted by atomic mass is 32.1. The SMILES string of the molecule is Cc1ccccc1CN1CCNC(=O)C1CC(=O)N(C)Cc1ccsc1. The summed E-state index contributed by atoms with van der Waals surface area (Å²) in [6.07, 6.45) is 0.207. The van der Waals surface area contributed by atoms with Gasteiger partial charge in [0.05, 0.1) is 12.5 Å². The third-order valence-corrected chi connectivity index (χ3v) is 5.60. The van der Waals surface area contributed by atoms with Gasteiger partial charge in [0.1, 0.15) is 0 Å². The van der Waals surface area contributed by atoms with Crippen molar-refractivity contribution in [1.82, 2.24) is 15.1 Å². The molecule has 1 aliphatic heterocycles. The van der Waals surface area contributed by atoms with E-state index in [4.69, 9.17) is 0 Å². The molecule has 0 aliphatic carbocycles. The summed E-state index contributed by atoms with van der Waals surface area (Å²) >= 11 is 1.62. The molecule has 2 amide bonds. The molecule has 0 saturated carbocycles. The van der Waals surface area contributed by atoms with E-state index in [0.717, 1.165) is 12.1 Å². The summed E-state index contributed by atoms with van der Waals surface area (Å²) < 4.78 is 0. The summed E-state index contributed by atoms with van der Waals surface area (Å²) in [4.78, 5) is 28.9. The molecule has 2 heterocycles. The zero-order valence-corrected chi connectivity index (χ0v) is 16.1. The molecule has 1 unspecified atom stereocenters. The van der Waals surface area contributed by atoms with Crippen molar-refractivity contribution in [2.45, 2.75) is 32.5 Å². The predicted octanol–water partition coefficient (Wildman–Crippen LogP) is 2.41. The normalized spacial score (nSPS) is 17.8. The van der Waals surface area contributed by atoms with Crippen LogP contribution >= 0.6 is 11.3 Å². The van der Waals surface area contributed by atoms with Crippen LogP contribution < -0.4 is 5.32 Å². The van der Waals surface area contributed by atoms with E-state index in [-0.39, 0.29) is 18.2 Å². The minimum absolute atomic E-state index is 0.00645. The maximum absolute atomic E-state index is 12.7. The molecule has 3 rings (SSSR count). The van der Waals surface area contributed by atoms with Crippen molar-refractivity contribution in [3.05, 3.63) is 57.8 Å². The zero-order valence-electron chi connectivity index (χ0n) is 15.3. The van der Waals surface area contributed by atoms with Crippen molar-refractivity contribution >= 4 is 23.2 Å². The van der Waals surface area contributed by atoms with Gasteiger partial charge in [-0.1, -0.05) is 24.3 Å². The van der Waals surface area contributed by atoms with Crippen LogP contribution in [0.25, 0.3) is 0 Å². The van der Waals surface area contributed by atoms with E-state index in [2.05, 4.69) is 29.3 Å². The Balaban J connectivity index is 1.67. The van der Waals surface area contributed by atoms with Gasteiger partial charge >= 0.3 is 0 Å². The largest absolute Gasteiger partial charge is 0.353 e. The maximum atomic E-state index is 12.7. The number of hydrogen-bond acceptors (Lipinski definition) is 4. The van der Waals surface area contributed by atoms with Crippen LogP contribution in [0.3, 0.4) is 0 Å². The number of aryl methyl sites for hydroxylation is 1. The molecule has 5 nitrogen and oxygen atoms in total. The van der Waals surface area contributed by atoms with Gasteiger partial charge < -0.3 is 10.2 Å². The van der Waals surface area contributed by atoms with E-state index in [1.54, 1.807) is 23.3 Å². The number of hydrogen-bond donors (Lipinski definition) is 1. The van der Waals surface area contributed by atoms with E-state index < -0.39 is 6.04 Å². The standard InChI is InChI=1S/C20H25N3O2S/c1-15-5-3-4-6-17(15)13-23-9-8-21-20(25)18(23)11-19(24)22(2)12-16-7-10-26-14-16/h3-7,10,14,18H,8-9,11-13H2,1-2H3,(H,21,25). The number of nitrogens with zero attached hydrogens (tertiary/aromatic N) is 2. The Morgan fingerprint density at radius 1 is 1.35 bits per heavy atom. The highest BCUT2D eigenvalue weighted by molar-refractivity contribution is 7.07. The van der Waals surface area contributed by atoms with E-state index in [9.17, 15) is 9.59 Å². The molecule has 1 atom stereocenters.